The van der Waals surface area contributed by atoms with E-state index in [1.54, 1.807) is 6.07 Å². The van der Waals surface area contributed by atoms with E-state index in [1.165, 1.54) is 54.9 Å². The highest BCUT2D eigenvalue weighted by Crippen LogP contribution is 2.29. The van der Waals surface area contributed by atoms with Crippen molar-refractivity contribution in [3.8, 4) is 5.75 Å². The third-order valence-electron chi connectivity index (χ3n) is 4.98. The first kappa shape index (κ1) is 24.9. The van der Waals surface area contributed by atoms with Crippen molar-refractivity contribution in [2.45, 2.75) is 11.3 Å². The molecule has 0 fully saturated rings. The molecule has 186 valence electrons. The highest BCUT2D eigenvalue weighted by Gasteiger charge is 2.31. The summed E-state index contributed by atoms with van der Waals surface area (Å²) >= 11 is 0. The number of carbonyl (C=O) groups is 1. The second-order valence-electron chi connectivity index (χ2n) is 7.46. The van der Waals surface area contributed by atoms with E-state index in [4.69, 9.17) is 0 Å². The molecule has 7 nitrogen and oxygen atoms in total. The molecule has 0 saturated heterocycles. The second kappa shape index (κ2) is 9.82. The van der Waals surface area contributed by atoms with Crippen LogP contribution >= 0.6 is 0 Å². The van der Waals surface area contributed by atoms with Crippen molar-refractivity contribution in [1.82, 2.24) is 4.98 Å². The van der Waals surface area contributed by atoms with E-state index in [-0.39, 0.29) is 16.3 Å². The first-order valence-corrected chi connectivity index (χ1v) is 11.7. The molecule has 4 aromatic rings. The van der Waals surface area contributed by atoms with Crippen LogP contribution in [-0.2, 0) is 14.8 Å². The van der Waals surface area contributed by atoms with Crippen molar-refractivity contribution in [2.24, 2.45) is 0 Å². The predicted molar refractivity (Wildman–Crippen MR) is 124 cm³/mol. The zero-order valence-corrected chi connectivity index (χ0v) is 19.1. The molecule has 1 N–H and O–H groups in total. The van der Waals surface area contributed by atoms with E-state index in [0.717, 1.165) is 28.6 Å². The van der Waals surface area contributed by atoms with E-state index in [0.29, 0.717) is 10.8 Å². The number of benzene rings is 3. The highest BCUT2D eigenvalue weighted by molar-refractivity contribution is 7.93. The van der Waals surface area contributed by atoms with Crippen LogP contribution in [0.1, 0.15) is 0 Å². The van der Waals surface area contributed by atoms with Gasteiger partial charge in [-0.25, -0.2) is 12.8 Å². The van der Waals surface area contributed by atoms with Crippen molar-refractivity contribution in [3.05, 3.63) is 91.0 Å². The molecule has 0 radical (unpaired) electrons. The lowest BCUT2D eigenvalue weighted by atomic mass is 10.2. The van der Waals surface area contributed by atoms with Crippen LogP contribution in [0.4, 0.5) is 28.9 Å². The first-order chi connectivity index (χ1) is 17.0. The van der Waals surface area contributed by atoms with Gasteiger partial charge >= 0.3 is 6.36 Å². The van der Waals surface area contributed by atoms with Crippen molar-refractivity contribution < 1.29 is 35.5 Å². The second-order valence-corrected chi connectivity index (χ2v) is 9.29. The SMILES string of the molecule is O=C(CN(c1ccc(F)cc1)S(=O)(=O)c1cccc2cnccc12)Nc1ccc(OC(F)(F)F)cc1. The molecule has 0 aliphatic carbocycles. The molecule has 0 aliphatic heterocycles. The number of alkyl halides is 3. The largest absolute Gasteiger partial charge is 0.573 e. The fourth-order valence-electron chi connectivity index (χ4n) is 3.43. The minimum atomic E-state index is -4.87. The smallest absolute Gasteiger partial charge is 0.406 e. The van der Waals surface area contributed by atoms with E-state index in [1.807, 2.05) is 0 Å². The number of fused-ring (bicyclic) bond motifs is 1. The average molecular weight is 519 g/mol. The number of carbonyl (C=O) groups excluding carboxylic acids is 1. The Morgan fingerprint density at radius 1 is 0.972 bits per heavy atom. The van der Waals surface area contributed by atoms with Gasteiger partial charge in [-0.15, -0.1) is 13.2 Å². The van der Waals surface area contributed by atoms with E-state index >= 15 is 0 Å². The predicted octanol–water partition coefficient (Wildman–Crippen LogP) is 5.11. The Bertz CT molecular complexity index is 1490. The summed E-state index contributed by atoms with van der Waals surface area (Å²) < 4.78 is 82.6. The maximum absolute atomic E-state index is 13.7. The Hall–Kier alpha value is -4.19. The number of amides is 1. The van der Waals surface area contributed by atoms with E-state index in [2.05, 4.69) is 15.0 Å². The summed E-state index contributed by atoms with van der Waals surface area (Å²) in [5.41, 5.74) is 0.147. The normalized spacial score (nSPS) is 11.8. The summed E-state index contributed by atoms with van der Waals surface area (Å²) in [6, 6.07) is 15.0. The number of aromatic nitrogens is 1. The van der Waals surface area contributed by atoms with E-state index < -0.39 is 40.4 Å². The lowest BCUT2D eigenvalue weighted by Gasteiger charge is -2.25. The Morgan fingerprint density at radius 3 is 2.33 bits per heavy atom. The van der Waals surface area contributed by atoms with Gasteiger partial charge < -0.3 is 10.1 Å². The van der Waals surface area contributed by atoms with Crippen LogP contribution in [0.5, 0.6) is 5.75 Å². The molecule has 1 amide bonds. The van der Waals surface area contributed by atoms with Crippen LogP contribution in [0, 0.1) is 5.82 Å². The molecule has 0 saturated carbocycles. The summed E-state index contributed by atoms with van der Waals surface area (Å²) in [6.07, 6.45) is -1.94. The number of ether oxygens (including phenoxy) is 1. The van der Waals surface area contributed by atoms with Gasteiger partial charge in [0.1, 0.15) is 18.1 Å². The lowest BCUT2D eigenvalue weighted by Crippen LogP contribution is -2.38. The summed E-state index contributed by atoms with van der Waals surface area (Å²) in [5, 5.41) is 3.37. The molecule has 0 spiro atoms. The van der Waals surface area contributed by atoms with Gasteiger partial charge in [-0.05, 0) is 60.7 Å². The van der Waals surface area contributed by atoms with Crippen LogP contribution < -0.4 is 14.4 Å². The van der Waals surface area contributed by atoms with Gasteiger partial charge in [0.05, 0.1) is 10.6 Å². The van der Waals surface area contributed by atoms with Gasteiger partial charge in [-0.3, -0.25) is 14.1 Å². The fourth-order valence-corrected chi connectivity index (χ4v) is 5.07. The van der Waals surface area contributed by atoms with Crippen molar-refractivity contribution in [2.75, 3.05) is 16.2 Å². The molecule has 36 heavy (non-hydrogen) atoms. The number of hydrogen-bond acceptors (Lipinski definition) is 5. The van der Waals surface area contributed by atoms with Gasteiger partial charge in [0, 0.05) is 28.9 Å². The highest BCUT2D eigenvalue weighted by atomic mass is 32.2. The maximum atomic E-state index is 13.7. The van der Waals surface area contributed by atoms with Crippen LogP contribution in [0.2, 0.25) is 0 Å². The van der Waals surface area contributed by atoms with E-state index in [9.17, 15) is 30.8 Å². The molecule has 4 rings (SSSR count). The van der Waals surface area contributed by atoms with Gasteiger partial charge in [-0.2, -0.15) is 0 Å². The summed E-state index contributed by atoms with van der Waals surface area (Å²) in [4.78, 5) is 16.7. The van der Waals surface area contributed by atoms with Gasteiger partial charge in [-0.1, -0.05) is 12.1 Å². The number of pyridine rings is 1. The number of nitrogens with one attached hydrogen (secondary N) is 1. The molecule has 0 aliphatic rings. The molecule has 0 unspecified atom stereocenters. The molecule has 0 bridgehead atoms. The quantitative estimate of drug-likeness (QED) is 0.343. The molecule has 12 heteroatoms. The number of rotatable bonds is 7. The minimum Gasteiger partial charge on any atom is -0.406 e. The number of sulfonamides is 1. The zero-order valence-electron chi connectivity index (χ0n) is 18.2. The Labute approximate surface area is 203 Å². The summed E-state index contributed by atoms with van der Waals surface area (Å²) in [6.45, 7) is -0.698. The fraction of sp³-hybridized carbons (Fsp3) is 0.0833. The lowest BCUT2D eigenvalue weighted by molar-refractivity contribution is -0.274. The molecule has 1 aromatic heterocycles. The number of hydrogen-bond donors (Lipinski definition) is 1. The summed E-state index contributed by atoms with van der Waals surface area (Å²) in [5.74, 6) is -1.87. The van der Waals surface area contributed by atoms with Crippen molar-refractivity contribution in [3.63, 3.8) is 0 Å². The van der Waals surface area contributed by atoms with Gasteiger partial charge in [0.2, 0.25) is 5.91 Å². The van der Waals surface area contributed by atoms with Crippen LogP contribution in [-0.4, -0.2) is 32.2 Å². The molecule has 1 heterocycles. The number of halogens is 4. The monoisotopic (exact) mass is 519 g/mol. The Morgan fingerprint density at radius 2 is 1.67 bits per heavy atom. The third kappa shape index (κ3) is 5.71. The average Bonchev–Trinajstić information content (AvgIpc) is 2.83. The number of anilines is 2. The van der Waals surface area contributed by atoms with Crippen LogP contribution in [0.3, 0.4) is 0 Å². The van der Waals surface area contributed by atoms with Gasteiger partial charge in [0.15, 0.2) is 0 Å². The topological polar surface area (TPSA) is 88.6 Å². The minimum absolute atomic E-state index is 0.0338. The number of nitrogens with zero attached hydrogens (tertiary/aromatic N) is 2. The molecule has 3 aromatic carbocycles. The third-order valence-corrected chi connectivity index (χ3v) is 6.81. The van der Waals surface area contributed by atoms with Crippen LogP contribution in [0.25, 0.3) is 10.8 Å². The first-order valence-electron chi connectivity index (χ1n) is 10.3. The van der Waals surface area contributed by atoms with Crippen LogP contribution in [0.15, 0.2) is 90.1 Å². The molecular weight excluding hydrogens is 502 g/mol. The summed E-state index contributed by atoms with van der Waals surface area (Å²) in [7, 11) is -4.33. The maximum Gasteiger partial charge on any atom is 0.573 e. The van der Waals surface area contributed by atoms with Crippen molar-refractivity contribution >= 4 is 38.1 Å². The Kier molecular flexibility index (Phi) is 6.80. The van der Waals surface area contributed by atoms with Crippen molar-refractivity contribution in [1.29, 1.82) is 0 Å². The molecule has 0 atom stereocenters. The standard InChI is InChI=1S/C24H17F4N3O4S/c25-17-4-8-19(9-5-17)31(36(33,34)22-3-1-2-16-14-29-13-12-21(16)22)15-23(32)30-18-6-10-20(11-7-18)35-24(26,27)28/h1-14H,15H2,(H,30,32). The van der Waals surface area contributed by atoms with Gasteiger partial charge in [0.25, 0.3) is 10.0 Å². The molecular formula is C24H17F4N3O4S. The zero-order chi connectivity index (χ0) is 25.9. The Balaban J connectivity index is 1.64.